The molecule has 0 fully saturated rings. The molecule has 0 N–H and O–H groups in total. The van der Waals surface area contributed by atoms with Crippen molar-refractivity contribution in [3.05, 3.63) is 54.4 Å². The summed E-state index contributed by atoms with van der Waals surface area (Å²) in [5, 5.41) is 0. The van der Waals surface area contributed by atoms with E-state index in [-0.39, 0.29) is 5.41 Å². The highest BCUT2D eigenvalue weighted by atomic mass is 32.2. The molecule has 0 aliphatic heterocycles. The van der Waals surface area contributed by atoms with Crippen LogP contribution >= 0.6 is 0 Å². The molecule has 0 amide bonds. The highest BCUT2D eigenvalue weighted by Crippen LogP contribution is 2.24. The lowest BCUT2D eigenvalue weighted by Crippen LogP contribution is -2.13. The van der Waals surface area contributed by atoms with E-state index >= 15 is 0 Å². The van der Waals surface area contributed by atoms with E-state index in [1.54, 1.807) is 24.3 Å². The molecule has 0 saturated carbocycles. The molecule has 0 saturated heterocycles. The van der Waals surface area contributed by atoms with Gasteiger partial charge in [-0.1, -0.05) is 32.9 Å². The van der Waals surface area contributed by atoms with Crippen LogP contribution in [0.1, 0.15) is 26.3 Å². The largest absolute Gasteiger partial charge is 0.267 e. The van der Waals surface area contributed by atoms with Crippen LogP contribution in [0, 0.1) is 0 Å². The van der Waals surface area contributed by atoms with Crippen LogP contribution in [0.3, 0.4) is 0 Å². The van der Waals surface area contributed by atoms with E-state index in [4.69, 9.17) is 0 Å². The van der Waals surface area contributed by atoms with Gasteiger partial charge in [-0.05, 0) is 35.2 Å². The van der Waals surface area contributed by atoms with E-state index in [0.717, 1.165) is 5.56 Å². The second kappa shape index (κ2) is 4.28. The number of hydrogen-bond acceptors (Lipinski definition) is 2. The van der Waals surface area contributed by atoms with Gasteiger partial charge in [-0.2, -0.15) is 0 Å². The maximum Gasteiger partial charge on any atom is 0.267 e. The summed E-state index contributed by atoms with van der Waals surface area (Å²) in [4.78, 5) is 0.312. The first kappa shape index (κ1) is 12.9. The van der Waals surface area contributed by atoms with Crippen LogP contribution in [0.15, 0.2) is 53.7 Å². The summed E-state index contributed by atoms with van der Waals surface area (Å²) < 4.78 is 25.7. The molecule has 4 heteroatoms. The standard InChI is InChI=1S/C14H17NO2S/c1-14(2,3)12-6-8-13(9-7-12)18(16,17)15-10-4-5-11-15/h4-11H,1-3H3. The van der Waals surface area contributed by atoms with Gasteiger partial charge in [-0.25, -0.2) is 12.4 Å². The summed E-state index contributed by atoms with van der Waals surface area (Å²) in [6.45, 7) is 6.30. The Kier molecular flexibility index (Phi) is 3.07. The number of benzene rings is 1. The topological polar surface area (TPSA) is 39.1 Å². The number of rotatable bonds is 2. The van der Waals surface area contributed by atoms with Gasteiger partial charge in [0.2, 0.25) is 0 Å². The van der Waals surface area contributed by atoms with E-state index in [9.17, 15) is 8.42 Å². The third-order valence-electron chi connectivity index (χ3n) is 2.87. The maximum absolute atomic E-state index is 12.2. The van der Waals surface area contributed by atoms with Crippen LogP contribution in [0.2, 0.25) is 0 Å². The van der Waals surface area contributed by atoms with Crippen molar-refractivity contribution in [3.8, 4) is 0 Å². The molecule has 0 radical (unpaired) electrons. The van der Waals surface area contributed by atoms with Gasteiger partial charge in [0.05, 0.1) is 4.90 Å². The van der Waals surface area contributed by atoms with Gasteiger partial charge in [-0.3, -0.25) is 0 Å². The zero-order valence-electron chi connectivity index (χ0n) is 10.8. The zero-order chi connectivity index (χ0) is 13.4. The Morgan fingerprint density at radius 2 is 1.44 bits per heavy atom. The van der Waals surface area contributed by atoms with Crippen LogP contribution in [0.4, 0.5) is 0 Å². The Hall–Kier alpha value is -1.55. The molecule has 1 aromatic carbocycles. The Bertz CT molecular complexity index is 617. The molecular formula is C14H17NO2S. The molecule has 0 aliphatic carbocycles. The van der Waals surface area contributed by atoms with Crippen LogP contribution in [0.25, 0.3) is 0 Å². The smallest absolute Gasteiger partial charge is 0.249 e. The maximum atomic E-state index is 12.2. The van der Waals surface area contributed by atoms with Gasteiger partial charge in [0.1, 0.15) is 0 Å². The predicted octanol–water partition coefficient (Wildman–Crippen LogP) is 3.02. The zero-order valence-corrected chi connectivity index (χ0v) is 11.6. The van der Waals surface area contributed by atoms with Gasteiger partial charge in [0, 0.05) is 12.4 Å². The molecular weight excluding hydrogens is 246 g/mol. The molecule has 1 aromatic heterocycles. The molecule has 1 heterocycles. The summed E-state index contributed by atoms with van der Waals surface area (Å²) in [5.74, 6) is 0. The van der Waals surface area contributed by atoms with Gasteiger partial charge in [0.25, 0.3) is 10.0 Å². The van der Waals surface area contributed by atoms with E-state index < -0.39 is 10.0 Å². The number of aromatic nitrogens is 1. The fourth-order valence-electron chi connectivity index (χ4n) is 1.73. The van der Waals surface area contributed by atoms with Crippen molar-refractivity contribution in [3.63, 3.8) is 0 Å². The first-order valence-corrected chi connectivity index (χ1v) is 7.25. The Morgan fingerprint density at radius 1 is 0.944 bits per heavy atom. The molecule has 2 aromatic rings. The van der Waals surface area contributed by atoms with Crippen LogP contribution < -0.4 is 0 Å². The molecule has 0 aliphatic rings. The summed E-state index contributed by atoms with van der Waals surface area (Å²) >= 11 is 0. The van der Waals surface area contributed by atoms with Gasteiger partial charge < -0.3 is 0 Å². The third kappa shape index (κ3) is 2.34. The molecule has 3 nitrogen and oxygen atoms in total. The lowest BCUT2D eigenvalue weighted by molar-refractivity contribution is 0.582. The SMILES string of the molecule is CC(C)(C)c1ccc(S(=O)(=O)n2cccc2)cc1. The molecule has 0 unspecified atom stereocenters. The van der Waals surface area contributed by atoms with Crippen LogP contribution in [0.5, 0.6) is 0 Å². The highest BCUT2D eigenvalue weighted by Gasteiger charge is 2.18. The molecule has 0 bridgehead atoms. The van der Waals surface area contributed by atoms with E-state index in [0.29, 0.717) is 4.90 Å². The van der Waals surface area contributed by atoms with Crippen LogP contribution in [-0.2, 0) is 15.4 Å². The lowest BCUT2D eigenvalue weighted by atomic mass is 9.87. The first-order chi connectivity index (χ1) is 8.32. The summed E-state index contributed by atoms with van der Waals surface area (Å²) in [6.07, 6.45) is 3.07. The average molecular weight is 263 g/mol. The minimum absolute atomic E-state index is 0.0236. The summed E-state index contributed by atoms with van der Waals surface area (Å²) in [5.41, 5.74) is 1.14. The Morgan fingerprint density at radius 3 is 1.89 bits per heavy atom. The van der Waals surface area contributed by atoms with Crippen molar-refractivity contribution in [2.24, 2.45) is 0 Å². The molecule has 0 spiro atoms. The number of hydrogen-bond donors (Lipinski definition) is 0. The lowest BCUT2D eigenvalue weighted by Gasteiger charge is -2.19. The fraction of sp³-hybridized carbons (Fsp3) is 0.286. The monoisotopic (exact) mass is 263 g/mol. The normalized spacial score (nSPS) is 12.6. The van der Waals surface area contributed by atoms with Crippen molar-refractivity contribution < 1.29 is 8.42 Å². The van der Waals surface area contributed by atoms with Gasteiger partial charge >= 0.3 is 0 Å². The molecule has 0 atom stereocenters. The Labute approximate surface area is 108 Å². The highest BCUT2D eigenvalue weighted by molar-refractivity contribution is 7.90. The average Bonchev–Trinajstić information content (AvgIpc) is 2.82. The summed E-state index contributed by atoms with van der Waals surface area (Å²) in [7, 11) is -3.44. The van der Waals surface area contributed by atoms with Crippen molar-refractivity contribution in [2.75, 3.05) is 0 Å². The number of nitrogens with zero attached hydrogens (tertiary/aromatic N) is 1. The molecule has 18 heavy (non-hydrogen) atoms. The summed E-state index contributed by atoms with van der Waals surface area (Å²) in [6, 6.07) is 10.5. The van der Waals surface area contributed by atoms with Gasteiger partial charge in [0.15, 0.2) is 0 Å². The van der Waals surface area contributed by atoms with Crippen molar-refractivity contribution in [1.29, 1.82) is 0 Å². The minimum Gasteiger partial charge on any atom is -0.249 e. The Balaban J connectivity index is 2.42. The molecule has 96 valence electrons. The first-order valence-electron chi connectivity index (χ1n) is 5.81. The van der Waals surface area contributed by atoms with E-state index in [1.165, 1.54) is 16.4 Å². The van der Waals surface area contributed by atoms with Crippen molar-refractivity contribution in [1.82, 2.24) is 3.97 Å². The van der Waals surface area contributed by atoms with Crippen molar-refractivity contribution in [2.45, 2.75) is 31.1 Å². The van der Waals surface area contributed by atoms with Crippen LogP contribution in [-0.4, -0.2) is 12.4 Å². The fourth-order valence-corrected chi connectivity index (χ4v) is 2.91. The van der Waals surface area contributed by atoms with Gasteiger partial charge in [-0.15, -0.1) is 0 Å². The second-order valence-corrected chi connectivity index (χ2v) is 7.14. The quantitative estimate of drug-likeness (QED) is 0.835. The third-order valence-corrected chi connectivity index (χ3v) is 4.54. The predicted molar refractivity (Wildman–Crippen MR) is 72.2 cm³/mol. The van der Waals surface area contributed by atoms with E-state index in [2.05, 4.69) is 20.8 Å². The van der Waals surface area contributed by atoms with E-state index in [1.807, 2.05) is 12.1 Å². The minimum atomic E-state index is -3.44. The second-order valence-electron chi connectivity index (χ2n) is 5.29. The van der Waals surface area contributed by atoms with Crippen molar-refractivity contribution >= 4 is 10.0 Å². The molecule has 2 rings (SSSR count).